The minimum absolute atomic E-state index is 0.235. The Hall–Kier alpha value is -2.04. The van der Waals surface area contributed by atoms with Gasteiger partial charge >= 0.3 is 0 Å². The first-order chi connectivity index (χ1) is 11.2. The molecule has 0 unspecified atom stereocenters. The van der Waals surface area contributed by atoms with Gasteiger partial charge < -0.3 is 10.6 Å². The Bertz CT molecular complexity index is 783. The lowest BCUT2D eigenvalue weighted by molar-refractivity contribution is 0.0919. The molecule has 0 atom stereocenters. The normalized spacial score (nSPS) is 11.0. The molecule has 0 saturated carbocycles. The third-order valence-electron chi connectivity index (χ3n) is 3.05. The molecule has 0 spiro atoms. The zero-order valence-electron chi connectivity index (χ0n) is 13.6. The average molecular weight is 365 g/mol. The molecule has 0 aliphatic rings. The minimum Gasteiger partial charge on any atom is -0.347 e. The van der Waals surface area contributed by atoms with E-state index in [1.165, 1.54) is 0 Å². The fourth-order valence-corrected chi connectivity index (χ4v) is 2.46. The average Bonchev–Trinajstić information content (AvgIpc) is 2.48. The predicted octanol–water partition coefficient (Wildman–Crippen LogP) is 4.77. The van der Waals surface area contributed by atoms with Crippen LogP contribution in [-0.2, 0) is 0 Å². The second-order valence-corrected chi connectivity index (χ2v) is 7.21. The summed E-state index contributed by atoms with van der Waals surface area (Å²) in [7, 11) is 0. The van der Waals surface area contributed by atoms with Gasteiger partial charge in [-0.05, 0) is 57.2 Å². The van der Waals surface area contributed by atoms with Crippen LogP contribution in [0.3, 0.4) is 0 Å². The van der Waals surface area contributed by atoms with Gasteiger partial charge in [0.25, 0.3) is 11.8 Å². The summed E-state index contributed by atoms with van der Waals surface area (Å²) in [6.45, 7) is 5.68. The third kappa shape index (κ3) is 4.98. The fourth-order valence-electron chi connectivity index (χ4n) is 2.00. The van der Waals surface area contributed by atoms with Crippen LogP contribution in [0.2, 0.25) is 10.0 Å². The van der Waals surface area contributed by atoms with Crippen LogP contribution in [0.5, 0.6) is 0 Å². The molecule has 0 saturated heterocycles. The topological polar surface area (TPSA) is 58.2 Å². The number of anilines is 1. The summed E-state index contributed by atoms with van der Waals surface area (Å²) < 4.78 is 0. The SMILES string of the molecule is CC(C)(C)NC(=O)c1cccc(C(=O)Nc2ccc(Cl)cc2Cl)c1. The molecule has 0 heterocycles. The van der Waals surface area contributed by atoms with Crippen LogP contribution >= 0.6 is 23.2 Å². The van der Waals surface area contributed by atoms with Gasteiger partial charge in [-0.3, -0.25) is 9.59 Å². The highest BCUT2D eigenvalue weighted by Crippen LogP contribution is 2.25. The molecular weight excluding hydrogens is 347 g/mol. The highest BCUT2D eigenvalue weighted by Gasteiger charge is 2.17. The summed E-state index contributed by atoms with van der Waals surface area (Å²) in [6, 6.07) is 11.3. The van der Waals surface area contributed by atoms with Gasteiger partial charge in [-0.2, -0.15) is 0 Å². The molecule has 0 aromatic heterocycles. The van der Waals surface area contributed by atoms with Crippen molar-refractivity contribution in [1.29, 1.82) is 0 Å². The number of benzene rings is 2. The van der Waals surface area contributed by atoms with Gasteiger partial charge in [0.2, 0.25) is 0 Å². The molecule has 0 radical (unpaired) electrons. The highest BCUT2D eigenvalue weighted by atomic mass is 35.5. The molecule has 126 valence electrons. The number of carbonyl (C=O) groups is 2. The molecule has 0 fully saturated rings. The summed E-state index contributed by atoms with van der Waals surface area (Å²) in [5.41, 5.74) is 0.879. The number of rotatable bonds is 3. The zero-order valence-corrected chi connectivity index (χ0v) is 15.1. The Labute approximate surface area is 151 Å². The number of nitrogens with one attached hydrogen (secondary N) is 2. The first-order valence-electron chi connectivity index (χ1n) is 7.35. The van der Waals surface area contributed by atoms with Crippen LogP contribution in [-0.4, -0.2) is 17.4 Å². The third-order valence-corrected chi connectivity index (χ3v) is 3.60. The molecule has 2 N–H and O–H groups in total. The van der Waals surface area contributed by atoms with Gasteiger partial charge in [0, 0.05) is 21.7 Å². The Kier molecular flexibility index (Phi) is 5.52. The summed E-state index contributed by atoms with van der Waals surface area (Å²) in [5, 5.41) is 6.40. The van der Waals surface area contributed by atoms with Crippen molar-refractivity contribution in [2.24, 2.45) is 0 Å². The lowest BCUT2D eigenvalue weighted by Gasteiger charge is -2.20. The molecule has 6 heteroatoms. The van der Waals surface area contributed by atoms with E-state index in [9.17, 15) is 9.59 Å². The van der Waals surface area contributed by atoms with E-state index in [1.54, 1.807) is 42.5 Å². The first kappa shape index (κ1) is 18.3. The van der Waals surface area contributed by atoms with E-state index in [0.29, 0.717) is 26.9 Å². The quantitative estimate of drug-likeness (QED) is 0.823. The molecule has 4 nitrogen and oxygen atoms in total. The van der Waals surface area contributed by atoms with Crippen molar-refractivity contribution >= 4 is 40.7 Å². The van der Waals surface area contributed by atoms with E-state index in [-0.39, 0.29) is 17.4 Å². The second-order valence-electron chi connectivity index (χ2n) is 6.36. The molecular formula is C18H18Cl2N2O2. The van der Waals surface area contributed by atoms with Crippen LogP contribution in [0.4, 0.5) is 5.69 Å². The highest BCUT2D eigenvalue weighted by molar-refractivity contribution is 6.36. The first-order valence-corrected chi connectivity index (χ1v) is 8.10. The Morgan fingerprint density at radius 3 is 2.12 bits per heavy atom. The van der Waals surface area contributed by atoms with E-state index in [1.807, 2.05) is 20.8 Å². The van der Waals surface area contributed by atoms with Crippen molar-refractivity contribution in [3.05, 3.63) is 63.6 Å². The molecule has 2 aromatic rings. The molecule has 2 rings (SSSR count). The summed E-state index contributed by atoms with van der Waals surface area (Å²) in [5.74, 6) is -0.591. The molecule has 0 aliphatic carbocycles. The zero-order chi connectivity index (χ0) is 17.9. The van der Waals surface area contributed by atoms with Gasteiger partial charge in [0.15, 0.2) is 0 Å². The van der Waals surface area contributed by atoms with E-state index in [4.69, 9.17) is 23.2 Å². The van der Waals surface area contributed by atoms with Crippen LogP contribution in [0.1, 0.15) is 41.5 Å². The van der Waals surface area contributed by atoms with Crippen molar-refractivity contribution in [1.82, 2.24) is 5.32 Å². The number of hydrogen-bond donors (Lipinski definition) is 2. The smallest absolute Gasteiger partial charge is 0.255 e. The van der Waals surface area contributed by atoms with Crippen LogP contribution in [0, 0.1) is 0 Å². The van der Waals surface area contributed by atoms with Crippen LogP contribution in [0.15, 0.2) is 42.5 Å². The van der Waals surface area contributed by atoms with E-state index in [0.717, 1.165) is 0 Å². The lowest BCUT2D eigenvalue weighted by atomic mass is 10.1. The van der Waals surface area contributed by atoms with Crippen molar-refractivity contribution in [3.63, 3.8) is 0 Å². The molecule has 24 heavy (non-hydrogen) atoms. The molecule has 0 aliphatic heterocycles. The standard InChI is InChI=1S/C18H18Cl2N2O2/c1-18(2,3)22-17(24)12-6-4-5-11(9-12)16(23)21-15-8-7-13(19)10-14(15)20/h4-10H,1-3H3,(H,21,23)(H,22,24). The Morgan fingerprint density at radius 1 is 0.917 bits per heavy atom. The van der Waals surface area contributed by atoms with Gasteiger partial charge in [-0.25, -0.2) is 0 Å². The van der Waals surface area contributed by atoms with Gasteiger partial charge in [-0.1, -0.05) is 29.3 Å². The van der Waals surface area contributed by atoms with Gasteiger partial charge in [0.1, 0.15) is 0 Å². The maximum Gasteiger partial charge on any atom is 0.255 e. The van der Waals surface area contributed by atoms with E-state index in [2.05, 4.69) is 10.6 Å². The number of hydrogen-bond acceptors (Lipinski definition) is 2. The monoisotopic (exact) mass is 364 g/mol. The maximum absolute atomic E-state index is 12.4. The van der Waals surface area contributed by atoms with Crippen LogP contribution < -0.4 is 10.6 Å². The summed E-state index contributed by atoms with van der Waals surface area (Å²) in [6.07, 6.45) is 0. The largest absolute Gasteiger partial charge is 0.347 e. The number of amides is 2. The van der Waals surface area contributed by atoms with Crippen molar-refractivity contribution in [2.45, 2.75) is 26.3 Å². The number of halogens is 2. The van der Waals surface area contributed by atoms with Crippen molar-refractivity contribution in [3.8, 4) is 0 Å². The van der Waals surface area contributed by atoms with Gasteiger partial charge in [-0.15, -0.1) is 0 Å². The molecule has 0 bridgehead atoms. The second kappa shape index (κ2) is 7.24. The Balaban J connectivity index is 2.18. The Morgan fingerprint density at radius 2 is 1.54 bits per heavy atom. The molecule has 2 aromatic carbocycles. The van der Waals surface area contributed by atoms with Gasteiger partial charge in [0.05, 0.1) is 10.7 Å². The summed E-state index contributed by atoms with van der Waals surface area (Å²) >= 11 is 11.9. The van der Waals surface area contributed by atoms with Crippen molar-refractivity contribution in [2.75, 3.05) is 5.32 Å². The number of carbonyl (C=O) groups excluding carboxylic acids is 2. The predicted molar refractivity (Wildman–Crippen MR) is 98.1 cm³/mol. The molecule has 2 amide bonds. The minimum atomic E-state index is -0.357. The van der Waals surface area contributed by atoms with Crippen LogP contribution in [0.25, 0.3) is 0 Å². The van der Waals surface area contributed by atoms with E-state index < -0.39 is 0 Å². The van der Waals surface area contributed by atoms with Crippen molar-refractivity contribution < 1.29 is 9.59 Å². The fraction of sp³-hybridized carbons (Fsp3) is 0.222. The maximum atomic E-state index is 12.4. The summed E-state index contributed by atoms with van der Waals surface area (Å²) in [4.78, 5) is 24.6. The lowest BCUT2D eigenvalue weighted by Crippen LogP contribution is -2.40. The van der Waals surface area contributed by atoms with E-state index >= 15 is 0 Å².